The molecule has 0 radical (unpaired) electrons. The van der Waals surface area contributed by atoms with Gasteiger partial charge in [-0.05, 0) is 30.5 Å². The third-order valence-electron chi connectivity index (χ3n) is 3.38. The van der Waals surface area contributed by atoms with Gasteiger partial charge in [-0.15, -0.1) is 11.6 Å². The van der Waals surface area contributed by atoms with Crippen LogP contribution in [-0.2, 0) is 4.74 Å². The molecule has 1 aliphatic rings. The summed E-state index contributed by atoms with van der Waals surface area (Å²) < 4.78 is 16.4. The fraction of sp³-hybridized carbons (Fsp3) is 0.571. The highest BCUT2D eigenvalue weighted by Crippen LogP contribution is 2.38. The van der Waals surface area contributed by atoms with Crippen LogP contribution in [0.3, 0.4) is 0 Å². The highest BCUT2D eigenvalue weighted by atomic mass is 35.5. The summed E-state index contributed by atoms with van der Waals surface area (Å²) in [6.45, 7) is 0.798. The number of methoxy groups -OCH3 is 2. The van der Waals surface area contributed by atoms with Crippen LogP contribution in [0.15, 0.2) is 18.2 Å². The molecule has 0 aliphatic carbocycles. The summed E-state index contributed by atoms with van der Waals surface area (Å²) in [4.78, 5) is 0. The van der Waals surface area contributed by atoms with E-state index in [1.807, 2.05) is 18.2 Å². The predicted octanol–water partition coefficient (Wildman–Crippen LogP) is 3.41. The minimum absolute atomic E-state index is 0.0658. The third kappa shape index (κ3) is 2.73. The van der Waals surface area contributed by atoms with E-state index in [0.717, 1.165) is 36.5 Å². The zero-order valence-electron chi connectivity index (χ0n) is 10.8. The van der Waals surface area contributed by atoms with Crippen LogP contribution in [0.25, 0.3) is 0 Å². The molecular weight excluding hydrogens is 252 g/mol. The van der Waals surface area contributed by atoms with Gasteiger partial charge in [-0.3, -0.25) is 0 Å². The summed E-state index contributed by atoms with van der Waals surface area (Å²) in [5.74, 6) is 2.47. The lowest BCUT2D eigenvalue weighted by atomic mass is 9.91. The number of hydrogen-bond donors (Lipinski definition) is 0. The molecule has 0 N–H and O–H groups in total. The van der Waals surface area contributed by atoms with E-state index in [-0.39, 0.29) is 6.10 Å². The quantitative estimate of drug-likeness (QED) is 0.785. The Morgan fingerprint density at radius 2 is 2.06 bits per heavy atom. The molecule has 2 atom stereocenters. The van der Waals surface area contributed by atoms with E-state index < -0.39 is 0 Å². The maximum atomic E-state index is 6.02. The highest BCUT2D eigenvalue weighted by molar-refractivity contribution is 6.18. The zero-order valence-corrected chi connectivity index (χ0v) is 11.6. The Kier molecular flexibility index (Phi) is 4.72. The van der Waals surface area contributed by atoms with Crippen molar-refractivity contribution in [2.45, 2.75) is 18.9 Å². The second-order valence-electron chi connectivity index (χ2n) is 4.46. The summed E-state index contributed by atoms with van der Waals surface area (Å²) >= 11 is 6.02. The second kappa shape index (κ2) is 6.30. The van der Waals surface area contributed by atoms with Gasteiger partial charge in [-0.1, -0.05) is 6.07 Å². The summed E-state index contributed by atoms with van der Waals surface area (Å²) in [6, 6.07) is 5.92. The van der Waals surface area contributed by atoms with E-state index in [4.69, 9.17) is 25.8 Å². The standard InChI is InChI=1S/C14H19ClO3/c1-16-12-6-5-10(8-13(12)17-2)14-11(9-15)4-3-7-18-14/h5-6,8,11,14H,3-4,7,9H2,1-2H3. The van der Waals surface area contributed by atoms with Crippen molar-refractivity contribution in [1.82, 2.24) is 0 Å². The maximum absolute atomic E-state index is 6.02. The van der Waals surface area contributed by atoms with Gasteiger partial charge in [-0.2, -0.15) is 0 Å². The number of hydrogen-bond acceptors (Lipinski definition) is 3. The summed E-state index contributed by atoms with van der Waals surface area (Å²) in [5.41, 5.74) is 1.11. The lowest BCUT2D eigenvalue weighted by Gasteiger charge is -2.31. The van der Waals surface area contributed by atoms with E-state index in [0.29, 0.717) is 11.8 Å². The molecule has 1 aliphatic heterocycles. The molecule has 2 unspecified atom stereocenters. The first-order chi connectivity index (χ1) is 8.80. The van der Waals surface area contributed by atoms with Gasteiger partial charge < -0.3 is 14.2 Å². The molecule has 1 heterocycles. The molecule has 2 rings (SSSR count). The maximum Gasteiger partial charge on any atom is 0.161 e. The van der Waals surface area contributed by atoms with E-state index in [2.05, 4.69) is 0 Å². The van der Waals surface area contributed by atoms with E-state index in [9.17, 15) is 0 Å². The lowest BCUT2D eigenvalue weighted by Crippen LogP contribution is -2.23. The number of ether oxygens (including phenoxy) is 3. The smallest absolute Gasteiger partial charge is 0.161 e. The van der Waals surface area contributed by atoms with Crippen LogP contribution in [0.4, 0.5) is 0 Å². The molecular formula is C14H19ClO3. The zero-order chi connectivity index (χ0) is 13.0. The van der Waals surface area contributed by atoms with Crippen LogP contribution in [-0.4, -0.2) is 26.7 Å². The summed E-state index contributed by atoms with van der Waals surface area (Å²) in [7, 11) is 3.28. The average Bonchev–Trinajstić information content (AvgIpc) is 2.46. The molecule has 1 aromatic carbocycles. The van der Waals surface area contributed by atoms with Crippen molar-refractivity contribution in [2.24, 2.45) is 5.92 Å². The molecule has 18 heavy (non-hydrogen) atoms. The fourth-order valence-electron chi connectivity index (χ4n) is 2.40. The Labute approximate surface area is 113 Å². The Morgan fingerprint density at radius 1 is 1.28 bits per heavy atom. The minimum atomic E-state index is 0.0658. The monoisotopic (exact) mass is 270 g/mol. The number of alkyl halides is 1. The largest absolute Gasteiger partial charge is 0.493 e. The first kappa shape index (κ1) is 13.5. The molecule has 1 fully saturated rings. The topological polar surface area (TPSA) is 27.7 Å². The van der Waals surface area contributed by atoms with Crippen molar-refractivity contribution in [3.8, 4) is 11.5 Å². The normalized spacial score (nSPS) is 23.7. The van der Waals surface area contributed by atoms with Crippen molar-refractivity contribution < 1.29 is 14.2 Å². The Hall–Kier alpha value is -0.930. The SMILES string of the molecule is COc1ccc(C2OCCCC2CCl)cc1OC. The Bertz CT molecular complexity index is 395. The summed E-state index contributed by atoms with van der Waals surface area (Å²) in [6.07, 6.45) is 2.26. The van der Waals surface area contributed by atoms with Crippen LogP contribution in [0, 0.1) is 5.92 Å². The van der Waals surface area contributed by atoms with E-state index in [1.165, 1.54) is 0 Å². The molecule has 0 aromatic heterocycles. The van der Waals surface area contributed by atoms with Crippen molar-refractivity contribution in [3.05, 3.63) is 23.8 Å². The molecule has 0 spiro atoms. The van der Waals surface area contributed by atoms with Gasteiger partial charge in [-0.25, -0.2) is 0 Å². The Balaban J connectivity index is 2.26. The first-order valence-corrected chi connectivity index (χ1v) is 6.73. The predicted molar refractivity (Wildman–Crippen MR) is 71.7 cm³/mol. The van der Waals surface area contributed by atoms with Crippen molar-refractivity contribution >= 4 is 11.6 Å². The Morgan fingerprint density at radius 3 is 2.72 bits per heavy atom. The third-order valence-corrected chi connectivity index (χ3v) is 3.78. The van der Waals surface area contributed by atoms with Gasteiger partial charge in [0, 0.05) is 18.4 Å². The molecule has 100 valence electrons. The fourth-order valence-corrected chi connectivity index (χ4v) is 2.72. The highest BCUT2D eigenvalue weighted by Gasteiger charge is 2.27. The van der Waals surface area contributed by atoms with Gasteiger partial charge in [0.1, 0.15) is 0 Å². The van der Waals surface area contributed by atoms with Gasteiger partial charge in [0.2, 0.25) is 0 Å². The van der Waals surface area contributed by atoms with E-state index >= 15 is 0 Å². The van der Waals surface area contributed by atoms with Crippen LogP contribution in [0.5, 0.6) is 11.5 Å². The molecule has 1 aromatic rings. The molecule has 0 bridgehead atoms. The van der Waals surface area contributed by atoms with Crippen LogP contribution >= 0.6 is 11.6 Å². The van der Waals surface area contributed by atoms with Crippen molar-refractivity contribution in [2.75, 3.05) is 26.7 Å². The summed E-state index contributed by atoms with van der Waals surface area (Å²) in [5, 5.41) is 0. The first-order valence-electron chi connectivity index (χ1n) is 6.19. The minimum Gasteiger partial charge on any atom is -0.493 e. The van der Waals surface area contributed by atoms with Gasteiger partial charge >= 0.3 is 0 Å². The van der Waals surface area contributed by atoms with Gasteiger partial charge in [0.15, 0.2) is 11.5 Å². The lowest BCUT2D eigenvalue weighted by molar-refractivity contribution is -0.0209. The van der Waals surface area contributed by atoms with Crippen molar-refractivity contribution in [3.63, 3.8) is 0 Å². The number of benzene rings is 1. The van der Waals surface area contributed by atoms with Crippen molar-refractivity contribution in [1.29, 1.82) is 0 Å². The molecule has 4 heteroatoms. The molecule has 0 amide bonds. The molecule has 3 nitrogen and oxygen atoms in total. The molecule has 1 saturated heterocycles. The van der Waals surface area contributed by atoms with E-state index in [1.54, 1.807) is 14.2 Å². The molecule has 0 saturated carbocycles. The van der Waals surface area contributed by atoms with Crippen LogP contribution in [0.1, 0.15) is 24.5 Å². The number of rotatable bonds is 4. The van der Waals surface area contributed by atoms with Crippen LogP contribution < -0.4 is 9.47 Å². The number of halogens is 1. The van der Waals surface area contributed by atoms with Crippen LogP contribution in [0.2, 0.25) is 0 Å². The average molecular weight is 271 g/mol. The van der Waals surface area contributed by atoms with Gasteiger partial charge in [0.25, 0.3) is 0 Å². The second-order valence-corrected chi connectivity index (χ2v) is 4.77. The van der Waals surface area contributed by atoms with Gasteiger partial charge in [0.05, 0.1) is 20.3 Å².